The van der Waals surface area contributed by atoms with E-state index in [1.54, 1.807) is 12.1 Å². The number of furan rings is 1. The third kappa shape index (κ3) is 5.08. The van der Waals surface area contributed by atoms with Crippen LogP contribution in [0.15, 0.2) is 55.2 Å². The fourth-order valence-electron chi connectivity index (χ4n) is 2.41. The predicted octanol–water partition coefficient (Wildman–Crippen LogP) is 3.85. The van der Waals surface area contributed by atoms with Gasteiger partial charge in [0.1, 0.15) is 11.6 Å². The molecule has 4 rings (SSSR count). The number of hydrogen-bond donors (Lipinski definition) is 1. The third-order valence-corrected chi connectivity index (χ3v) is 4.50. The van der Waals surface area contributed by atoms with Crippen LogP contribution in [0, 0.1) is 11.6 Å². The lowest BCUT2D eigenvalue weighted by Crippen LogP contribution is -2.12. The van der Waals surface area contributed by atoms with E-state index in [2.05, 4.69) is 25.7 Å². The van der Waals surface area contributed by atoms with E-state index in [1.807, 2.05) is 0 Å². The molecule has 0 spiro atoms. The lowest BCUT2D eigenvalue weighted by Gasteiger charge is -2.04. The van der Waals surface area contributed by atoms with E-state index < -0.39 is 17.5 Å². The molecule has 0 bridgehead atoms. The Morgan fingerprint density at radius 2 is 2.00 bits per heavy atom. The van der Waals surface area contributed by atoms with E-state index in [0.717, 1.165) is 18.2 Å². The van der Waals surface area contributed by atoms with Crippen LogP contribution in [0.3, 0.4) is 0 Å². The molecule has 1 N–H and O–H groups in total. The SMILES string of the molecule is O=C(CCc1nc(CSc2nnc(-c3ccco3)o2)no1)Nc1cc(F)cc(F)c1. The average Bonchev–Trinajstić information content (AvgIpc) is 3.45. The van der Waals surface area contributed by atoms with Crippen LogP contribution in [0.1, 0.15) is 18.1 Å². The lowest BCUT2D eigenvalue weighted by molar-refractivity contribution is -0.116. The van der Waals surface area contributed by atoms with E-state index in [-0.39, 0.29) is 30.3 Å². The van der Waals surface area contributed by atoms with Crippen molar-refractivity contribution in [2.24, 2.45) is 0 Å². The summed E-state index contributed by atoms with van der Waals surface area (Å²) >= 11 is 1.22. The molecule has 0 aliphatic heterocycles. The van der Waals surface area contributed by atoms with Crippen LogP contribution in [-0.4, -0.2) is 26.2 Å². The van der Waals surface area contributed by atoms with Gasteiger partial charge in [-0.1, -0.05) is 16.9 Å². The summed E-state index contributed by atoms with van der Waals surface area (Å²) in [7, 11) is 0. The molecule has 9 nitrogen and oxygen atoms in total. The van der Waals surface area contributed by atoms with Crippen LogP contribution in [0.2, 0.25) is 0 Å². The summed E-state index contributed by atoms with van der Waals surface area (Å²) in [5.41, 5.74) is 0.0357. The highest BCUT2D eigenvalue weighted by molar-refractivity contribution is 7.98. The smallest absolute Gasteiger partial charge is 0.284 e. The number of halogens is 2. The Bertz CT molecular complexity index is 1130. The summed E-state index contributed by atoms with van der Waals surface area (Å²) in [5.74, 6) is -0.295. The Balaban J connectivity index is 1.25. The Labute approximate surface area is 171 Å². The number of nitrogens with one attached hydrogen (secondary N) is 1. The first-order valence-corrected chi connectivity index (χ1v) is 9.61. The van der Waals surface area contributed by atoms with Crippen molar-refractivity contribution >= 4 is 23.4 Å². The largest absolute Gasteiger partial charge is 0.459 e. The second-order valence-electron chi connectivity index (χ2n) is 5.95. The number of carbonyl (C=O) groups excluding carboxylic acids is 1. The fraction of sp³-hybridized carbons (Fsp3) is 0.167. The minimum Gasteiger partial charge on any atom is -0.459 e. The molecule has 1 amide bonds. The van der Waals surface area contributed by atoms with Crippen LogP contribution in [0.5, 0.6) is 0 Å². The first-order chi connectivity index (χ1) is 14.5. The normalized spacial score (nSPS) is 11.0. The molecule has 0 radical (unpaired) electrons. The lowest BCUT2D eigenvalue weighted by atomic mass is 10.2. The zero-order valence-corrected chi connectivity index (χ0v) is 16.0. The minimum atomic E-state index is -0.776. The first kappa shape index (κ1) is 19.8. The highest BCUT2D eigenvalue weighted by Crippen LogP contribution is 2.25. The van der Waals surface area contributed by atoms with Crippen molar-refractivity contribution in [1.82, 2.24) is 20.3 Å². The summed E-state index contributed by atoms with van der Waals surface area (Å²) in [6, 6.07) is 6.19. The number of hydrogen-bond acceptors (Lipinski definition) is 9. The number of nitrogens with zero attached hydrogens (tertiary/aromatic N) is 4. The molecule has 3 heterocycles. The Morgan fingerprint density at radius 1 is 1.17 bits per heavy atom. The van der Waals surface area contributed by atoms with Crippen LogP contribution in [-0.2, 0) is 17.0 Å². The van der Waals surface area contributed by atoms with Gasteiger partial charge in [-0.2, -0.15) is 4.98 Å². The van der Waals surface area contributed by atoms with Gasteiger partial charge in [-0.3, -0.25) is 4.79 Å². The minimum absolute atomic E-state index is 0.00305. The van der Waals surface area contributed by atoms with Gasteiger partial charge in [-0.15, -0.1) is 10.2 Å². The molecule has 12 heteroatoms. The highest BCUT2D eigenvalue weighted by Gasteiger charge is 2.14. The van der Waals surface area contributed by atoms with Crippen molar-refractivity contribution in [1.29, 1.82) is 0 Å². The Morgan fingerprint density at radius 3 is 2.77 bits per heavy atom. The van der Waals surface area contributed by atoms with E-state index in [0.29, 0.717) is 22.6 Å². The molecular weight excluding hydrogens is 420 g/mol. The van der Waals surface area contributed by atoms with Crippen molar-refractivity contribution in [3.05, 3.63) is 59.9 Å². The summed E-state index contributed by atoms with van der Waals surface area (Å²) in [6.07, 6.45) is 1.68. The van der Waals surface area contributed by atoms with E-state index in [9.17, 15) is 13.6 Å². The number of rotatable bonds is 8. The standard InChI is InChI=1S/C18H13F2N5O4S/c19-10-6-11(20)8-12(7-10)21-15(26)3-4-16-22-14(25-29-16)9-30-18-24-23-17(28-18)13-2-1-5-27-13/h1-2,5-8H,3-4,9H2,(H,21,26). The van der Waals surface area contributed by atoms with Crippen molar-refractivity contribution in [2.45, 2.75) is 23.8 Å². The van der Waals surface area contributed by atoms with Gasteiger partial charge < -0.3 is 18.7 Å². The molecule has 0 saturated heterocycles. The second kappa shape index (κ2) is 8.86. The number of aryl methyl sites for hydroxylation is 1. The van der Waals surface area contributed by atoms with Gasteiger partial charge >= 0.3 is 0 Å². The quantitative estimate of drug-likeness (QED) is 0.413. The fourth-order valence-corrected chi connectivity index (χ4v) is 3.02. The molecule has 30 heavy (non-hydrogen) atoms. The molecule has 0 fully saturated rings. The maximum Gasteiger partial charge on any atom is 0.284 e. The van der Waals surface area contributed by atoms with Gasteiger partial charge in [0, 0.05) is 24.6 Å². The zero-order valence-electron chi connectivity index (χ0n) is 15.2. The highest BCUT2D eigenvalue weighted by atomic mass is 32.2. The molecule has 0 saturated carbocycles. The van der Waals surface area contributed by atoms with Crippen LogP contribution in [0.25, 0.3) is 11.7 Å². The second-order valence-corrected chi connectivity index (χ2v) is 6.88. The van der Waals surface area contributed by atoms with Gasteiger partial charge in [0.15, 0.2) is 11.6 Å². The molecule has 1 aromatic carbocycles. The van der Waals surface area contributed by atoms with E-state index in [1.165, 1.54) is 18.0 Å². The van der Waals surface area contributed by atoms with Gasteiger partial charge in [-0.05, 0) is 24.3 Å². The maximum absolute atomic E-state index is 13.2. The third-order valence-electron chi connectivity index (χ3n) is 3.69. The van der Waals surface area contributed by atoms with Gasteiger partial charge in [0.2, 0.25) is 11.8 Å². The number of anilines is 1. The molecule has 4 aromatic rings. The summed E-state index contributed by atoms with van der Waals surface area (Å²) in [6.45, 7) is 0. The van der Waals surface area contributed by atoms with Crippen LogP contribution >= 0.6 is 11.8 Å². The van der Waals surface area contributed by atoms with E-state index in [4.69, 9.17) is 13.4 Å². The number of carbonyl (C=O) groups is 1. The summed E-state index contributed by atoms with van der Waals surface area (Å²) in [4.78, 5) is 16.1. The number of aromatic nitrogens is 4. The molecule has 3 aromatic heterocycles. The molecule has 0 aliphatic carbocycles. The molecular formula is C18H13F2N5O4S. The molecule has 0 atom stereocenters. The van der Waals surface area contributed by atoms with Crippen molar-refractivity contribution in [3.8, 4) is 11.7 Å². The molecule has 0 aliphatic rings. The maximum atomic E-state index is 13.2. The zero-order chi connectivity index (χ0) is 20.9. The van der Waals surface area contributed by atoms with E-state index >= 15 is 0 Å². The molecule has 0 unspecified atom stereocenters. The summed E-state index contributed by atoms with van der Waals surface area (Å²) < 4.78 is 42.1. The van der Waals surface area contributed by atoms with Gasteiger partial charge in [0.25, 0.3) is 11.1 Å². The van der Waals surface area contributed by atoms with Crippen LogP contribution < -0.4 is 5.32 Å². The number of amides is 1. The van der Waals surface area contributed by atoms with Crippen LogP contribution in [0.4, 0.5) is 14.5 Å². The van der Waals surface area contributed by atoms with Gasteiger partial charge in [-0.25, -0.2) is 8.78 Å². The Kier molecular flexibility index (Phi) is 5.84. The van der Waals surface area contributed by atoms with Crippen molar-refractivity contribution < 1.29 is 26.9 Å². The number of thioether (sulfide) groups is 1. The first-order valence-electron chi connectivity index (χ1n) is 8.63. The average molecular weight is 433 g/mol. The van der Waals surface area contributed by atoms with Gasteiger partial charge in [0.05, 0.1) is 12.0 Å². The molecule has 154 valence electrons. The monoisotopic (exact) mass is 433 g/mol. The number of benzene rings is 1. The summed E-state index contributed by atoms with van der Waals surface area (Å²) in [5, 5.41) is 14.3. The van der Waals surface area contributed by atoms with Crippen molar-refractivity contribution in [2.75, 3.05) is 5.32 Å². The Hall–Kier alpha value is -3.54. The topological polar surface area (TPSA) is 120 Å². The van der Waals surface area contributed by atoms with Crippen molar-refractivity contribution in [3.63, 3.8) is 0 Å². The predicted molar refractivity (Wildman–Crippen MR) is 99.2 cm³/mol.